The average molecular weight is 210 g/mol. The van der Waals surface area contributed by atoms with E-state index in [1.165, 1.54) is 0 Å². The summed E-state index contributed by atoms with van der Waals surface area (Å²) in [4.78, 5) is 0. The van der Waals surface area contributed by atoms with Gasteiger partial charge in [0.25, 0.3) is 0 Å². The third-order valence-electron chi connectivity index (χ3n) is 1.80. The van der Waals surface area contributed by atoms with E-state index in [2.05, 4.69) is 13.3 Å². The molecule has 0 aliphatic rings. The van der Waals surface area contributed by atoms with Crippen LogP contribution >= 0.6 is 7.92 Å². The van der Waals surface area contributed by atoms with Crippen LogP contribution in [0.25, 0.3) is 0 Å². The molecule has 12 heavy (non-hydrogen) atoms. The monoisotopic (exact) mass is 210 g/mol. The molecule has 0 bridgehead atoms. The zero-order chi connectivity index (χ0) is 9.61. The van der Waals surface area contributed by atoms with Crippen molar-refractivity contribution in [2.24, 2.45) is 0 Å². The van der Waals surface area contributed by atoms with E-state index in [0.29, 0.717) is 0 Å². The number of hydrogen-bond donors (Lipinski definition) is 0. The highest BCUT2D eigenvalue weighted by molar-refractivity contribution is 7.56. The van der Waals surface area contributed by atoms with Gasteiger partial charge in [0, 0.05) is 27.4 Å². The molecule has 74 valence electrons. The third-order valence-corrected chi connectivity index (χ3v) is 6.07. The van der Waals surface area contributed by atoms with Crippen LogP contribution in [-0.2, 0) is 13.3 Å². The van der Waals surface area contributed by atoms with E-state index in [4.69, 9.17) is 13.3 Å². The molecule has 0 radical (unpaired) electrons. The van der Waals surface area contributed by atoms with Crippen LogP contribution in [-0.4, -0.2) is 49.6 Å². The maximum atomic E-state index is 5.29. The molecule has 3 nitrogen and oxygen atoms in total. The first-order valence-corrected chi connectivity index (χ1v) is 8.25. The minimum Gasteiger partial charge on any atom is -0.377 e. The summed E-state index contributed by atoms with van der Waals surface area (Å²) >= 11 is 0. The molecule has 0 saturated carbocycles. The maximum Gasteiger partial charge on any atom is 0.500 e. The number of rotatable bonds is 6. The van der Waals surface area contributed by atoms with Crippen molar-refractivity contribution in [2.75, 3.05) is 40.8 Å². The van der Waals surface area contributed by atoms with Crippen molar-refractivity contribution >= 4 is 16.7 Å². The fourth-order valence-corrected chi connectivity index (χ4v) is 4.91. The molecule has 5 heteroatoms. The highest BCUT2D eigenvalue weighted by Crippen LogP contribution is 2.29. The summed E-state index contributed by atoms with van der Waals surface area (Å²) in [5, 5.41) is 0. The van der Waals surface area contributed by atoms with E-state index < -0.39 is 8.80 Å². The Bertz CT molecular complexity index is 109. The first-order valence-electron chi connectivity index (χ1n) is 3.90. The van der Waals surface area contributed by atoms with E-state index in [0.717, 1.165) is 12.2 Å². The molecule has 0 aliphatic carbocycles. The Kier molecular flexibility index (Phi) is 6.32. The van der Waals surface area contributed by atoms with E-state index in [1.54, 1.807) is 21.3 Å². The summed E-state index contributed by atoms with van der Waals surface area (Å²) in [6.07, 6.45) is 1.15. The van der Waals surface area contributed by atoms with Crippen LogP contribution in [0.2, 0.25) is 6.04 Å². The zero-order valence-corrected chi connectivity index (χ0v) is 10.5. The van der Waals surface area contributed by atoms with Gasteiger partial charge in [0.2, 0.25) is 0 Å². The van der Waals surface area contributed by atoms with Crippen molar-refractivity contribution in [2.45, 2.75) is 6.04 Å². The molecule has 0 rings (SSSR count). The van der Waals surface area contributed by atoms with Gasteiger partial charge in [-0.1, -0.05) is 0 Å². The molecule has 0 unspecified atom stereocenters. The Morgan fingerprint density at radius 2 is 1.42 bits per heavy atom. The molecule has 0 amide bonds. The lowest BCUT2D eigenvalue weighted by Crippen LogP contribution is -2.43. The molecule has 0 aliphatic heterocycles. The lowest BCUT2D eigenvalue weighted by Gasteiger charge is -2.24. The van der Waals surface area contributed by atoms with Crippen molar-refractivity contribution in [1.82, 2.24) is 0 Å². The molecule has 0 aromatic rings. The second kappa shape index (κ2) is 6.05. The summed E-state index contributed by atoms with van der Waals surface area (Å²) < 4.78 is 15.9. The van der Waals surface area contributed by atoms with Gasteiger partial charge >= 0.3 is 8.80 Å². The lowest BCUT2D eigenvalue weighted by atomic mass is 11.0. The molecule has 0 saturated heterocycles. The van der Waals surface area contributed by atoms with Crippen LogP contribution in [0.15, 0.2) is 0 Å². The van der Waals surface area contributed by atoms with Crippen LogP contribution in [0.1, 0.15) is 0 Å². The van der Waals surface area contributed by atoms with Crippen molar-refractivity contribution in [3.63, 3.8) is 0 Å². The van der Waals surface area contributed by atoms with Gasteiger partial charge in [-0.3, -0.25) is 0 Å². The standard InChI is InChI=1S/C7H19O3PSi/c1-8-12(9-2,10-3)7-6-11(4)5/h6-7H2,1-5H3. The van der Waals surface area contributed by atoms with Gasteiger partial charge in [-0.15, -0.1) is 7.92 Å². The Balaban J connectivity index is 3.93. The van der Waals surface area contributed by atoms with Gasteiger partial charge < -0.3 is 13.3 Å². The fraction of sp³-hybridized carbons (Fsp3) is 1.00. The second-order valence-electron chi connectivity index (χ2n) is 2.85. The Labute approximate surface area is 77.5 Å². The largest absolute Gasteiger partial charge is 0.500 e. The summed E-state index contributed by atoms with van der Waals surface area (Å²) in [5.74, 6) is 0. The van der Waals surface area contributed by atoms with E-state index in [-0.39, 0.29) is 7.92 Å². The summed E-state index contributed by atoms with van der Waals surface area (Å²) in [7, 11) is 2.83. The molecule has 0 spiro atoms. The van der Waals surface area contributed by atoms with Crippen molar-refractivity contribution < 1.29 is 13.3 Å². The molecular weight excluding hydrogens is 191 g/mol. The molecule has 0 atom stereocenters. The van der Waals surface area contributed by atoms with Crippen molar-refractivity contribution in [3.8, 4) is 0 Å². The highest BCUT2D eigenvalue weighted by atomic mass is 31.1. The van der Waals surface area contributed by atoms with Gasteiger partial charge in [-0.05, 0) is 19.5 Å². The zero-order valence-electron chi connectivity index (χ0n) is 8.59. The summed E-state index contributed by atoms with van der Waals surface area (Å²) in [6.45, 7) is 4.49. The average Bonchev–Trinajstić information content (AvgIpc) is 2.08. The molecule has 0 aromatic carbocycles. The van der Waals surface area contributed by atoms with Crippen LogP contribution in [0.5, 0.6) is 0 Å². The first kappa shape index (κ1) is 12.5. The predicted molar refractivity (Wildman–Crippen MR) is 55.2 cm³/mol. The molecule has 0 fully saturated rings. The second-order valence-corrected chi connectivity index (χ2v) is 8.55. The third kappa shape index (κ3) is 3.96. The fourth-order valence-electron chi connectivity index (χ4n) is 0.917. The highest BCUT2D eigenvalue weighted by Gasteiger charge is 2.37. The molecule has 0 aromatic heterocycles. The van der Waals surface area contributed by atoms with Crippen molar-refractivity contribution in [1.29, 1.82) is 0 Å². The quantitative estimate of drug-likeness (QED) is 0.492. The van der Waals surface area contributed by atoms with Crippen LogP contribution in [0.4, 0.5) is 0 Å². The molecule has 0 heterocycles. The summed E-state index contributed by atoms with van der Waals surface area (Å²) in [6, 6.07) is 0.926. The van der Waals surface area contributed by atoms with Gasteiger partial charge in [0.15, 0.2) is 0 Å². The Hall–Kier alpha value is 0.527. The van der Waals surface area contributed by atoms with Crippen molar-refractivity contribution in [3.05, 3.63) is 0 Å². The minimum absolute atomic E-state index is 0.113. The van der Waals surface area contributed by atoms with Gasteiger partial charge in [0.05, 0.1) is 0 Å². The van der Waals surface area contributed by atoms with E-state index in [1.807, 2.05) is 0 Å². The van der Waals surface area contributed by atoms with Gasteiger partial charge in [0.1, 0.15) is 0 Å². The normalized spacial score (nSPS) is 12.5. The van der Waals surface area contributed by atoms with Gasteiger partial charge in [-0.25, -0.2) is 0 Å². The Morgan fingerprint density at radius 1 is 1.00 bits per heavy atom. The minimum atomic E-state index is -2.26. The number of hydrogen-bond acceptors (Lipinski definition) is 3. The predicted octanol–water partition coefficient (Wildman–Crippen LogP) is 1.61. The molecule has 0 N–H and O–H groups in total. The summed E-state index contributed by atoms with van der Waals surface area (Å²) in [5.41, 5.74) is 0. The SMILES string of the molecule is CO[Si](CCP(C)C)(OC)OC. The van der Waals surface area contributed by atoms with Crippen LogP contribution in [0, 0.1) is 0 Å². The maximum absolute atomic E-state index is 5.29. The van der Waals surface area contributed by atoms with E-state index in [9.17, 15) is 0 Å². The topological polar surface area (TPSA) is 27.7 Å². The van der Waals surface area contributed by atoms with Gasteiger partial charge in [-0.2, -0.15) is 0 Å². The van der Waals surface area contributed by atoms with E-state index >= 15 is 0 Å². The smallest absolute Gasteiger partial charge is 0.377 e. The van der Waals surface area contributed by atoms with Crippen LogP contribution < -0.4 is 0 Å². The molecular formula is C7H19O3PSi. The first-order chi connectivity index (χ1) is 5.60. The Morgan fingerprint density at radius 3 is 1.67 bits per heavy atom. The van der Waals surface area contributed by atoms with Crippen LogP contribution in [0.3, 0.4) is 0 Å². The lowest BCUT2D eigenvalue weighted by molar-refractivity contribution is 0.125.